The van der Waals surface area contributed by atoms with Gasteiger partial charge < -0.3 is 15.3 Å². The molecule has 1 aromatic carbocycles. The lowest BCUT2D eigenvalue weighted by Gasteiger charge is -2.30. The maximum Gasteiger partial charge on any atom is 0.405 e. The molecule has 0 unspecified atom stereocenters. The summed E-state index contributed by atoms with van der Waals surface area (Å²) in [6.07, 6.45) is -0.352. The molecule has 2 N–H and O–H groups in total. The van der Waals surface area contributed by atoms with Crippen LogP contribution in [0.5, 0.6) is 0 Å². The van der Waals surface area contributed by atoms with E-state index in [-0.39, 0.29) is 5.91 Å². The van der Waals surface area contributed by atoms with Crippen LogP contribution in [0.4, 0.5) is 4.79 Å². The van der Waals surface area contributed by atoms with Crippen LogP contribution < -0.4 is 5.32 Å². The van der Waals surface area contributed by atoms with Crippen molar-refractivity contribution in [3.63, 3.8) is 0 Å². The molecule has 5 nitrogen and oxygen atoms in total. The van der Waals surface area contributed by atoms with E-state index in [2.05, 4.69) is 11.4 Å². The van der Waals surface area contributed by atoms with Gasteiger partial charge in [-0.3, -0.25) is 4.79 Å². The van der Waals surface area contributed by atoms with E-state index in [0.29, 0.717) is 13.1 Å². The summed E-state index contributed by atoms with van der Waals surface area (Å²) in [6, 6.07) is 7.31. The zero-order chi connectivity index (χ0) is 13.1. The molecule has 0 saturated heterocycles. The van der Waals surface area contributed by atoms with Gasteiger partial charge in [0.1, 0.15) is 6.04 Å². The van der Waals surface area contributed by atoms with E-state index >= 15 is 0 Å². The Labute approximate surface area is 105 Å². The molecule has 0 bridgehead atoms. The molecule has 0 aromatic heterocycles. The number of nitrogens with zero attached hydrogens (tertiary/aromatic N) is 1. The second-order valence-electron chi connectivity index (χ2n) is 4.45. The van der Waals surface area contributed by atoms with Crippen molar-refractivity contribution >= 4 is 12.0 Å². The Kier molecular flexibility index (Phi) is 3.50. The standard InChI is InChI=1S/C13H16N2O3/c1-9(14-13(17)18)12(16)15-7-6-10-4-2-3-5-11(10)8-15/h2-5,9,14H,6-8H2,1H3,(H,17,18)/t9-/m1/s1. The zero-order valence-electron chi connectivity index (χ0n) is 10.2. The topological polar surface area (TPSA) is 69.6 Å². The minimum absolute atomic E-state index is 0.174. The van der Waals surface area contributed by atoms with Gasteiger partial charge in [0.15, 0.2) is 0 Å². The van der Waals surface area contributed by atoms with Gasteiger partial charge in [-0.25, -0.2) is 4.79 Å². The lowest BCUT2D eigenvalue weighted by molar-refractivity contribution is -0.133. The maximum atomic E-state index is 12.0. The third-order valence-corrected chi connectivity index (χ3v) is 3.15. The first-order valence-electron chi connectivity index (χ1n) is 5.93. The van der Waals surface area contributed by atoms with Crippen LogP contribution in [-0.4, -0.2) is 34.6 Å². The molecule has 1 aromatic rings. The molecule has 5 heteroatoms. The molecule has 1 aliphatic rings. The normalized spacial score (nSPS) is 15.7. The van der Waals surface area contributed by atoms with Crippen LogP contribution in [-0.2, 0) is 17.8 Å². The summed E-state index contributed by atoms with van der Waals surface area (Å²) >= 11 is 0. The second kappa shape index (κ2) is 5.08. The smallest absolute Gasteiger partial charge is 0.405 e. The molecular formula is C13H16N2O3. The Morgan fingerprint density at radius 1 is 1.33 bits per heavy atom. The van der Waals surface area contributed by atoms with Gasteiger partial charge in [0.05, 0.1) is 0 Å². The molecule has 1 aliphatic heterocycles. The van der Waals surface area contributed by atoms with E-state index in [1.165, 1.54) is 5.56 Å². The Morgan fingerprint density at radius 3 is 2.67 bits per heavy atom. The molecule has 2 rings (SSSR count). The molecule has 0 aliphatic carbocycles. The van der Waals surface area contributed by atoms with Crippen molar-refractivity contribution < 1.29 is 14.7 Å². The lowest BCUT2D eigenvalue weighted by Crippen LogP contribution is -2.48. The first-order valence-corrected chi connectivity index (χ1v) is 5.93. The van der Waals surface area contributed by atoms with Crippen molar-refractivity contribution in [3.8, 4) is 0 Å². The number of carbonyl (C=O) groups excluding carboxylic acids is 1. The van der Waals surface area contributed by atoms with Crippen molar-refractivity contribution in [1.82, 2.24) is 10.2 Å². The predicted octanol–water partition coefficient (Wildman–Crippen LogP) is 1.23. The van der Waals surface area contributed by atoms with Crippen LogP contribution in [0.3, 0.4) is 0 Å². The Morgan fingerprint density at radius 2 is 2.00 bits per heavy atom. The molecule has 18 heavy (non-hydrogen) atoms. The molecule has 0 radical (unpaired) electrons. The molecule has 1 heterocycles. The molecule has 2 amide bonds. The number of carboxylic acid groups (broad SMARTS) is 1. The highest BCUT2D eigenvalue weighted by Crippen LogP contribution is 2.18. The monoisotopic (exact) mass is 248 g/mol. The van der Waals surface area contributed by atoms with E-state index in [1.54, 1.807) is 11.8 Å². The fraction of sp³-hybridized carbons (Fsp3) is 0.385. The van der Waals surface area contributed by atoms with Crippen LogP contribution in [0, 0.1) is 0 Å². The van der Waals surface area contributed by atoms with Crippen LogP contribution in [0.1, 0.15) is 18.1 Å². The quantitative estimate of drug-likeness (QED) is 0.827. The second-order valence-corrected chi connectivity index (χ2v) is 4.45. The average Bonchev–Trinajstić information content (AvgIpc) is 2.36. The van der Waals surface area contributed by atoms with Gasteiger partial charge in [0.25, 0.3) is 0 Å². The molecule has 0 spiro atoms. The summed E-state index contributed by atoms with van der Waals surface area (Å²) < 4.78 is 0. The highest BCUT2D eigenvalue weighted by molar-refractivity contribution is 5.85. The van der Waals surface area contributed by atoms with Crippen LogP contribution >= 0.6 is 0 Å². The third kappa shape index (κ3) is 2.61. The molecule has 96 valence electrons. The highest BCUT2D eigenvalue weighted by atomic mass is 16.4. The van der Waals surface area contributed by atoms with Gasteiger partial charge in [-0.2, -0.15) is 0 Å². The van der Waals surface area contributed by atoms with Gasteiger partial charge in [0.2, 0.25) is 5.91 Å². The zero-order valence-corrected chi connectivity index (χ0v) is 10.2. The fourth-order valence-electron chi connectivity index (χ4n) is 2.20. The van der Waals surface area contributed by atoms with E-state index < -0.39 is 12.1 Å². The van der Waals surface area contributed by atoms with E-state index in [4.69, 9.17) is 5.11 Å². The summed E-state index contributed by atoms with van der Waals surface area (Å²) in [7, 11) is 0. The van der Waals surface area contributed by atoms with Crippen molar-refractivity contribution in [2.24, 2.45) is 0 Å². The van der Waals surface area contributed by atoms with Crippen LogP contribution in [0.25, 0.3) is 0 Å². The average molecular weight is 248 g/mol. The summed E-state index contributed by atoms with van der Waals surface area (Å²) in [6.45, 7) is 2.76. The first-order chi connectivity index (χ1) is 8.58. The number of rotatable bonds is 2. The molecule has 0 fully saturated rings. The van der Waals surface area contributed by atoms with E-state index in [1.807, 2.05) is 18.2 Å². The van der Waals surface area contributed by atoms with Crippen molar-refractivity contribution in [3.05, 3.63) is 35.4 Å². The number of hydrogen-bond acceptors (Lipinski definition) is 2. The number of hydrogen-bond donors (Lipinski definition) is 2. The van der Waals surface area contributed by atoms with Crippen molar-refractivity contribution in [2.75, 3.05) is 6.54 Å². The lowest BCUT2D eigenvalue weighted by atomic mass is 9.99. The number of amides is 2. The predicted molar refractivity (Wildman–Crippen MR) is 66.2 cm³/mol. The number of fused-ring (bicyclic) bond motifs is 1. The van der Waals surface area contributed by atoms with Gasteiger partial charge in [-0.1, -0.05) is 24.3 Å². The summed E-state index contributed by atoms with van der Waals surface area (Å²) in [4.78, 5) is 24.3. The van der Waals surface area contributed by atoms with Crippen LogP contribution in [0.15, 0.2) is 24.3 Å². The molecule has 1 atom stereocenters. The van der Waals surface area contributed by atoms with Gasteiger partial charge >= 0.3 is 6.09 Å². The number of carbonyl (C=O) groups is 2. The molecular weight excluding hydrogens is 232 g/mol. The fourth-order valence-corrected chi connectivity index (χ4v) is 2.20. The number of nitrogens with one attached hydrogen (secondary N) is 1. The Bertz CT molecular complexity index is 473. The maximum absolute atomic E-state index is 12.0. The molecule has 0 saturated carbocycles. The van der Waals surface area contributed by atoms with E-state index in [9.17, 15) is 9.59 Å². The highest BCUT2D eigenvalue weighted by Gasteiger charge is 2.25. The summed E-state index contributed by atoms with van der Waals surface area (Å²) in [5.74, 6) is -0.174. The minimum Gasteiger partial charge on any atom is -0.465 e. The largest absolute Gasteiger partial charge is 0.465 e. The van der Waals surface area contributed by atoms with E-state index in [0.717, 1.165) is 12.0 Å². The summed E-state index contributed by atoms with van der Waals surface area (Å²) in [5, 5.41) is 10.8. The SMILES string of the molecule is C[C@@H](NC(=O)O)C(=O)N1CCc2ccccc2C1. The summed E-state index contributed by atoms with van der Waals surface area (Å²) in [5.41, 5.74) is 2.40. The van der Waals surface area contributed by atoms with Gasteiger partial charge in [-0.05, 0) is 24.5 Å². The van der Waals surface area contributed by atoms with Gasteiger partial charge in [-0.15, -0.1) is 0 Å². The Hall–Kier alpha value is -2.04. The third-order valence-electron chi connectivity index (χ3n) is 3.15. The Balaban J connectivity index is 2.04. The van der Waals surface area contributed by atoms with Crippen molar-refractivity contribution in [1.29, 1.82) is 0 Å². The van der Waals surface area contributed by atoms with Crippen molar-refractivity contribution in [2.45, 2.75) is 25.9 Å². The minimum atomic E-state index is -1.17. The van der Waals surface area contributed by atoms with Gasteiger partial charge in [0, 0.05) is 13.1 Å². The first kappa shape index (κ1) is 12.4. The number of benzene rings is 1. The van der Waals surface area contributed by atoms with Crippen LogP contribution in [0.2, 0.25) is 0 Å².